The Morgan fingerprint density at radius 1 is 1.27 bits per heavy atom. The summed E-state index contributed by atoms with van der Waals surface area (Å²) >= 11 is 0. The molecule has 1 aromatic heterocycles. The Labute approximate surface area is 90.3 Å². The van der Waals surface area contributed by atoms with Crippen molar-refractivity contribution < 1.29 is 4.79 Å². The number of unbranched alkanes of at least 4 members (excludes halogenated alkanes) is 3. The van der Waals surface area contributed by atoms with E-state index < -0.39 is 0 Å². The molecule has 15 heavy (non-hydrogen) atoms. The lowest BCUT2D eigenvalue weighted by atomic mass is 10.1. The van der Waals surface area contributed by atoms with Crippen molar-refractivity contribution in [2.45, 2.75) is 32.1 Å². The second kappa shape index (κ2) is 6.87. The number of Topliss-reactive ketones (excluding diaryl/α,β-unsaturated/α-hetero) is 1. The highest BCUT2D eigenvalue weighted by atomic mass is 16.1. The third-order valence-electron chi connectivity index (χ3n) is 2.19. The number of ketones is 1. The van der Waals surface area contributed by atoms with Gasteiger partial charge >= 0.3 is 0 Å². The zero-order chi connectivity index (χ0) is 10.9. The smallest absolute Gasteiger partial charge is 0.165 e. The maximum atomic E-state index is 11.6. The molecular formula is C12H16N2O. The zero-order valence-corrected chi connectivity index (χ0v) is 8.85. The van der Waals surface area contributed by atoms with E-state index in [0.29, 0.717) is 12.0 Å². The highest BCUT2D eigenvalue weighted by molar-refractivity contribution is 5.95. The van der Waals surface area contributed by atoms with Crippen molar-refractivity contribution in [3.63, 3.8) is 0 Å². The van der Waals surface area contributed by atoms with E-state index in [1.807, 2.05) is 6.08 Å². The van der Waals surface area contributed by atoms with Crippen molar-refractivity contribution in [2.24, 2.45) is 0 Å². The molecule has 0 aromatic carbocycles. The zero-order valence-electron chi connectivity index (χ0n) is 8.85. The van der Waals surface area contributed by atoms with Gasteiger partial charge in [0.1, 0.15) is 6.33 Å². The Morgan fingerprint density at radius 3 is 2.67 bits per heavy atom. The number of aromatic nitrogens is 2. The van der Waals surface area contributed by atoms with Crippen LogP contribution in [0.4, 0.5) is 0 Å². The van der Waals surface area contributed by atoms with Crippen molar-refractivity contribution in [2.75, 3.05) is 0 Å². The number of hydrogen-bond donors (Lipinski definition) is 0. The van der Waals surface area contributed by atoms with E-state index in [9.17, 15) is 4.79 Å². The third kappa shape index (κ3) is 4.49. The molecular weight excluding hydrogens is 188 g/mol. The molecule has 0 bridgehead atoms. The lowest BCUT2D eigenvalue weighted by Crippen LogP contribution is -2.00. The summed E-state index contributed by atoms with van der Waals surface area (Å²) < 4.78 is 0. The number of carbonyl (C=O) groups is 1. The highest BCUT2D eigenvalue weighted by Crippen LogP contribution is 2.07. The first-order chi connectivity index (χ1) is 7.34. The minimum Gasteiger partial charge on any atom is -0.294 e. The molecule has 1 aromatic rings. The molecule has 0 saturated carbocycles. The molecule has 0 aliphatic rings. The Bertz CT molecular complexity index is 309. The first-order valence-electron chi connectivity index (χ1n) is 5.23. The Morgan fingerprint density at radius 2 is 2.00 bits per heavy atom. The van der Waals surface area contributed by atoms with Crippen LogP contribution in [0.2, 0.25) is 0 Å². The average molecular weight is 204 g/mol. The minimum absolute atomic E-state index is 0.134. The van der Waals surface area contributed by atoms with Gasteiger partial charge in [0.2, 0.25) is 0 Å². The summed E-state index contributed by atoms with van der Waals surface area (Å²) in [7, 11) is 0. The Kier molecular flexibility index (Phi) is 5.30. The summed E-state index contributed by atoms with van der Waals surface area (Å²) in [5.74, 6) is 0.134. The summed E-state index contributed by atoms with van der Waals surface area (Å²) in [6, 6.07) is 0. The minimum atomic E-state index is 0.134. The van der Waals surface area contributed by atoms with Crippen molar-refractivity contribution in [1.29, 1.82) is 0 Å². The number of allylic oxidation sites excluding steroid dienone is 1. The van der Waals surface area contributed by atoms with E-state index in [-0.39, 0.29) is 5.78 Å². The topological polar surface area (TPSA) is 42.9 Å². The first-order valence-corrected chi connectivity index (χ1v) is 5.23. The molecule has 1 heterocycles. The van der Waals surface area contributed by atoms with Gasteiger partial charge in [0.05, 0.1) is 5.56 Å². The molecule has 0 unspecified atom stereocenters. The molecule has 80 valence electrons. The summed E-state index contributed by atoms with van der Waals surface area (Å²) in [5.41, 5.74) is 0.612. The van der Waals surface area contributed by atoms with Gasteiger partial charge in [0, 0.05) is 18.8 Å². The van der Waals surface area contributed by atoms with E-state index in [4.69, 9.17) is 0 Å². The predicted octanol–water partition coefficient (Wildman–Crippen LogP) is 2.80. The lowest BCUT2D eigenvalue weighted by molar-refractivity contribution is 0.0978. The average Bonchev–Trinajstić information content (AvgIpc) is 2.30. The van der Waals surface area contributed by atoms with Crippen LogP contribution in [-0.2, 0) is 0 Å². The molecule has 0 N–H and O–H groups in total. The highest BCUT2D eigenvalue weighted by Gasteiger charge is 2.04. The summed E-state index contributed by atoms with van der Waals surface area (Å²) in [4.78, 5) is 19.2. The molecule has 0 radical (unpaired) electrons. The van der Waals surface area contributed by atoms with Crippen LogP contribution in [-0.4, -0.2) is 15.8 Å². The number of rotatable bonds is 7. The van der Waals surface area contributed by atoms with Gasteiger partial charge in [0.25, 0.3) is 0 Å². The fourth-order valence-corrected chi connectivity index (χ4v) is 1.34. The van der Waals surface area contributed by atoms with Gasteiger partial charge in [0.15, 0.2) is 5.78 Å². The Hall–Kier alpha value is -1.51. The molecule has 0 aliphatic heterocycles. The van der Waals surface area contributed by atoms with Gasteiger partial charge in [-0.1, -0.05) is 12.5 Å². The van der Waals surface area contributed by atoms with E-state index >= 15 is 0 Å². The van der Waals surface area contributed by atoms with Crippen molar-refractivity contribution in [1.82, 2.24) is 9.97 Å². The van der Waals surface area contributed by atoms with Crippen LogP contribution in [0, 0.1) is 0 Å². The van der Waals surface area contributed by atoms with Gasteiger partial charge in [-0.3, -0.25) is 4.79 Å². The third-order valence-corrected chi connectivity index (χ3v) is 2.19. The summed E-state index contributed by atoms with van der Waals surface area (Å²) in [6.45, 7) is 3.66. The summed E-state index contributed by atoms with van der Waals surface area (Å²) in [5, 5.41) is 0. The van der Waals surface area contributed by atoms with E-state index in [0.717, 1.165) is 25.7 Å². The van der Waals surface area contributed by atoms with Crippen LogP contribution in [0.15, 0.2) is 31.4 Å². The summed E-state index contributed by atoms with van der Waals surface area (Å²) in [6.07, 6.45) is 11.2. The molecule has 0 aliphatic carbocycles. The lowest BCUT2D eigenvalue weighted by Gasteiger charge is -1.99. The second-order valence-corrected chi connectivity index (χ2v) is 3.44. The molecule has 0 fully saturated rings. The van der Waals surface area contributed by atoms with Crippen LogP contribution in [0.5, 0.6) is 0 Å². The predicted molar refractivity (Wildman–Crippen MR) is 59.6 cm³/mol. The van der Waals surface area contributed by atoms with E-state index in [1.165, 1.54) is 6.33 Å². The molecule has 0 amide bonds. The quantitative estimate of drug-likeness (QED) is 0.389. The van der Waals surface area contributed by atoms with Crippen LogP contribution in [0.3, 0.4) is 0 Å². The Balaban J connectivity index is 2.22. The van der Waals surface area contributed by atoms with Gasteiger partial charge in [-0.2, -0.15) is 0 Å². The number of carbonyl (C=O) groups excluding carboxylic acids is 1. The van der Waals surface area contributed by atoms with Gasteiger partial charge in [-0.15, -0.1) is 6.58 Å². The van der Waals surface area contributed by atoms with Crippen molar-refractivity contribution in [3.8, 4) is 0 Å². The number of hydrogen-bond acceptors (Lipinski definition) is 3. The largest absolute Gasteiger partial charge is 0.294 e. The monoisotopic (exact) mass is 204 g/mol. The maximum Gasteiger partial charge on any atom is 0.165 e. The van der Waals surface area contributed by atoms with Gasteiger partial charge < -0.3 is 0 Å². The molecule has 3 nitrogen and oxygen atoms in total. The molecule has 1 rings (SSSR count). The molecule has 0 spiro atoms. The fourth-order valence-electron chi connectivity index (χ4n) is 1.34. The maximum absolute atomic E-state index is 11.6. The van der Waals surface area contributed by atoms with Crippen molar-refractivity contribution in [3.05, 3.63) is 36.9 Å². The molecule has 0 saturated heterocycles. The number of nitrogens with zero attached hydrogens (tertiary/aromatic N) is 2. The standard InChI is InChI=1S/C12H16N2O/c1-2-3-4-5-6-7-12(15)11-8-13-10-14-9-11/h2,8-10H,1,3-7H2. The first kappa shape index (κ1) is 11.6. The molecule has 3 heteroatoms. The fraction of sp³-hybridized carbons (Fsp3) is 0.417. The SMILES string of the molecule is C=CCCCCCC(=O)c1cncnc1. The van der Waals surface area contributed by atoms with Crippen LogP contribution < -0.4 is 0 Å². The van der Waals surface area contributed by atoms with E-state index in [1.54, 1.807) is 12.4 Å². The van der Waals surface area contributed by atoms with E-state index in [2.05, 4.69) is 16.5 Å². The molecule has 0 atom stereocenters. The van der Waals surface area contributed by atoms with Gasteiger partial charge in [-0.05, 0) is 19.3 Å². The van der Waals surface area contributed by atoms with Crippen molar-refractivity contribution >= 4 is 5.78 Å². The van der Waals surface area contributed by atoms with Crippen LogP contribution >= 0.6 is 0 Å². The normalized spacial score (nSPS) is 9.87. The van der Waals surface area contributed by atoms with Gasteiger partial charge in [-0.25, -0.2) is 9.97 Å². The van der Waals surface area contributed by atoms with Crippen LogP contribution in [0.25, 0.3) is 0 Å². The van der Waals surface area contributed by atoms with Crippen LogP contribution in [0.1, 0.15) is 42.5 Å². The second-order valence-electron chi connectivity index (χ2n) is 3.44.